The molecule has 0 aliphatic heterocycles. The van der Waals surface area contributed by atoms with E-state index in [0.29, 0.717) is 33.5 Å². The van der Waals surface area contributed by atoms with Crippen LogP contribution in [-0.2, 0) is 4.74 Å². The maximum Gasteiger partial charge on any atom is 0.263 e. The zero-order valence-electron chi connectivity index (χ0n) is 13.9. The van der Waals surface area contributed by atoms with Crippen molar-refractivity contribution in [3.8, 4) is 11.8 Å². The molecule has 0 atom stereocenters. The molecule has 24 heavy (non-hydrogen) atoms. The second-order valence-corrected chi connectivity index (χ2v) is 5.02. The number of hydrogen-bond acceptors (Lipinski definition) is 4. The Labute approximate surface area is 140 Å². The van der Waals surface area contributed by atoms with Gasteiger partial charge in [-0.2, -0.15) is 5.26 Å². The number of methoxy groups -OCH3 is 2. The normalized spacial score (nSPS) is 11.9. The molecule has 0 aliphatic carbocycles. The Morgan fingerprint density at radius 1 is 1.29 bits per heavy atom. The molecule has 0 fully saturated rings. The summed E-state index contributed by atoms with van der Waals surface area (Å²) in [5.41, 5.74) is 0.690. The summed E-state index contributed by atoms with van der Waals surface area (Å²) < 4.78 is 11.7. The molecule has 0 spiro atoms. The number of nitriles is 1. The van der Waals surface area contributed by atoms with E-state index in [-0.39, 0.29) is 5.56 Å². The lowest BCUT2D eigenvalue weighted by atomic mass is 10.1. The highest BCUT2D eigenvalue weighted by Crippen LogP contribution is 2.22. The zero-order chi connectivity index (χ0) is 17.7. The lowest BCUT2D eigenvalue weighted by Gasteiger charge is -2.10. The Morgan fingerprint density at radius 2 is 2.04 bits per heavy atom. The number of nitrogens with zero attached hydrogens (tertiary/aromatic N) is 2. The minimum Gasteiger partial charge on any atom is -0.501 e. The average molecular weight is 322 g/mol. The number of allylic oxidation sites excluding steroid dienone is 5. The highest BCUT2D eigenvalue weighted by Gasteiger charge is 2.11. The van der Waals surface area contributed by atoms with Crippen molar-refractivity contribution in [1.82, 2.24) is 4.57 Å². The second kappa shape index (κ2) is 7.34. The monoisotopic (exact) mass is 322 g/mol. The Morgan fingerprint density at radius 3 is 2.62 bits per heavy atom. The number of pyridine rings is 1. The smallest absolute Gasteiger partial charge is 0.263 e. The fourth-order valence-electron chi connectivity index (χ4n) is 2.25. The Balaban J connectivity index is 2.77. The molecule has 1 aromatic heterocycles. The first-order chi connectivity index (χ1) is 11.5. The summed E-state index contributed by atoms with van der Waals surface area (Å²) in [4.78, 5) is 12.8. The van der Waals surface area contributed by atoms with Gasteiger partial charge in [0.1, 0.15) is 11.8 Å². The molecule has 1 aromatic carbocycles. The first-order valence-electron chi connectivity index (χ1n) is 7.24. The predicted molar refractivity (Wildman–Crippen MR) is 94.7 cm³/mol. The number of rotatable bonds is 5. The van der Waals surface area contributed by atoms with Crippen LogP contribution in [0, 0.1) is 11.3 Å². The van der Waals surface area contributed by atoms with Gasteiger partial charge in [0, 0.05) is 22.7 Å². The minimum absolute atomic E-state index is 0.235. The summed E-state index contributed by atoms with van der Waals surface area (Å²) >= 11 is 0. The van der Waals surface area contributed by atoms with Crippen molar-refractivity contribution >= 4 is 16.5 Å². The first-order valence-corrected chi connectivity index (χ1v) is 7.24. The van der Waals surface area contributed by atoms with Gasteiger partial charge in [0.25, 0.3) is 5.56 Å². The molecule has 0 N–H and O–H groups in total. The number of aromatic nitrogens is 1. The average Bonchev–Trinajstić information content (AvgIpc) is 2.62. The highest BCUT2D eigenvalue weighted by atomic mass is 16.5. The zero-order valence-corrected chi connectivity index (χ0v) is 13.9. The Hall–Kier alpha value is -3.26. The first kappa shape index (κ1) is 17.1. The van der Waals surface area contributed by atoms with E-state index in [9.17, 15) is 10.1 Å². The van der Waals surface area contributed by atoms with Crippen molar-refractivity contribution in [2.45, 2.75) is 6.92 Å². The molecular formula is C19H18N2O3. The molecule has 0 bridgehead atoms. The topological polar surface area (TPSA) is 64.2 Å². The number of ether oxygens (including phenoxy) is 2. The van der Waals surface area contributed by atoms with E-state index in [4.69, 9.17) is 9.47 Å². The summed E-state index contributed by atoms with van der Waals surface area (Å²) in [5.74, 6) is 1.28. The molecule has 5 nitrogen and oxygen atoms in total. The van der Waals surface area contributed by atoms with E-state index in [0.717, 1.165) is 0 Å². The largest absolute Gasteiger partial charge is 0.501 e. The Kier molecular flexibility index (Phi) is 5.23. The van der Waals surface area contributed by atoms with Crippen LogP contribution in [0.25, 0.3) is 16.5 Å². The molecule has 5 heteroatoms. The molecule has 0 saturated heterocycles. The van der Waals surface area contributed by atoms with E-state index in [1.807, 2.05) is 0 Å². The van der Waals surface area contributed by atoms with E-state index < -0.39 is 0 Å². The van der Waals surface area contributed by atoms with Crippen molar-refractivity contribution in [1.29, 1.82) is 5.26 Å². The van der Waals surface area contributed by atoms with E-state index in [1.165, 1.54) is 17.9 Å². The van der Waals surface area contributed by atoms with Gasteiger partial charge >= 0.3 is 0 Å². The quantitative estimate of drug-likeness (QED) is 0.624. The molecule has 0 aliphatic rings. The summed E-state index contributed by atoms with van der Waals surface area (Å²) in [7, 11) is 3.11. The van der Waals surface area contributed by atoms with Gasteiger partial charge in [0.2, 0.25) is 0 Å². The van der Waals surface area contributed by atoms with Crippen LogP contribution in [-0.4, -0.2) is 18.8 Å². The predicted octanol–water partition coefficient (Wildman–Crippen LogP) is 3.46. The third-order valence-electron chi connectivity index (χ3n) is 3.64. The van der Waals surface area contributed by atoms with Crippen LogP contribution in [0.5, 0.6) is 5.75 Å². The van der Waals surface area contributed by atoms with E-state index in [2.05, 4.69) is 12.6 Å². The van der Waals surface area contributed by atoms with Gasteiger partial charge in [-0.15, -0.1) is 0 Å². The van der Waals surface area contributed by atoms with Gasteiger partial charge in [-0.25, -0.2) is 0 Å². The van der Waals surface area contributed by atoms with Crippen LogP contribution < -0.4 is 10.3 Å². The lowest BCUT2D eigenvalue weighted by molar-refractivity contribution is 0.294. The summed E-state index contributed by atoms with van der Waals surface area (Å²) in [5, 5.41) is 10.4. The molecule has 1 heterocycles. The standard InChI is InChI=1S/C19H18N2O3/c1-5-15(7-6-13(2)23-3)21-12-14(11-20)18-10-16(24-4)8-9-17(18)19(21)22/h5-10,12H,1H2,2-4H3/b13-6+,15-7+. The van der Waals surface area contributed by atoms with Crippen LogP contribution in [0.4, 0.5) is 0 Å². The van der Waals surface area contributed by atoms with Crippen molar-refractivity contribution in [2.24, 2.45) is 0 Å². The number of fused-ring (bicyclic) bond motifs is 1. The van der Waals surface area contributed by atoms with Crippen molar-refractivity contribution in [3.05, 3.63) is 70.9 Å². The van der Waals surface area contributed by atoms with Crippen LogP contribution in [0.2, 0.25) is 0 Å². The second-order valence-electron chi connectivity index (χ2n) is 5.02. The van der Waals surface area contributed by atoms with Crippen LogP contribution in [0.15, 0.2) is 59.8 Å². The van der Waals surface area contributed by atoms with Gasteiger partial charge < -0.3 is 9.47 Å². The minimum atomic E-state index is -0.235. The van der Waals surface area contributed by atoms with Crippen LogP contribution in [0.1, 0.15) is 12.5 Å². The summed E-state index contributed by atoms with van der Waals surface area (Å²) in [6.45, 7) is 5.54. The number of benzene rings is 1. The van der Waals surface area contributed by atoms with E-state index >= 15 is 0 Å². The maximum atomic E-state index is 12.8. The van der Waals surface area contributed by atoms with Crippen molar-refractivity contribution in [2.75, 3.05) is 14.2 Å². The van der Waals surface area contributed by atoms with Gasteiger partial charge in [-0.05, 0) is 43.4 Å². The molecular weight excluding hydrogens is 304 g/mol. The Bertz CT molecular complexity index is 943. The van der Waals surface area contributed by atoms with Gasteiger partial charge in [-0.3, -0.25) is 9.36 Å². The van der Waals surface area contributed by atoms with E-state index in [1.54, 1.807) is 50.5 Å². The fourth-order valence-corrected chi connectivity index (χ4v) is 2.25. The third-order valence-corrected chi connectivity index (χ3v) is 3.64. The fraction of sp³-hybridized carbons (Fsp3) is 0.158. The lowest BCUT2D eigenvalue weighted by Crippen LogP contribution is -2.19. The van der Waals surface area contributed by atoms with Crippen LogP contribution in [0.3, 0.4) is 0 Å². The molecule has 2 aromatic rings. The van der Waals surface area contributed by atoms with Gasteiger partial charge in [0.15, 0.2) is 0 Å². The summed E-state index contributed by atoms with van der Waals surface area (Å²) in [6.07, 6.45) is 6.50. The molecule has 0 amide bonds. The summed E-state index contributed by atoms with van der Waals surface area (Å²) in [6, 6.07) is 7.17. The van der Waals surface area contributed by atoms with Gasteiger partial charge in [-0.1, -0.05) is 6.58 Å². The molecule has 0 saturated carbocycles. The van der Waals surface area contributed by atoms with Gasteiger partial charge in [0.05, 0.1) is 25.5 Å². The SMILES string of the molecule is C=C/C(=C\C=C(/C)OC)n1cc(C#N)c2cc(OC)ccc2c1=O. The van der Waals surface area contributed by atoms with Crippen molar-refractivity contribution < 1.29 is 9.47 Å². The third kappa shape index (κ3) is 3.23. The van der Waals surface area contributed by atoms with Crippen molar-refractivity contribution in [3.63, 3.8) is 0 Å². The highest BCUT2D eigenvalue weighted by molar-refractivity contribution is 5.89. The molecule has 0 radical (unpaired) electrons. The molecule has 2 rings (SSSR count). The molecule has 122 valence electrons. The number of hydrogen-bond donors (Lipinski definition) is 0. The maximum absolute atomic E-state index is 12.8. The van der Waals surface area contributed by atoms with Crippen LogP contribution >= 0.6 is 0 Å². The molecule has 0 unspecified atom stereocenters.